The van der Waals surface area contributed by atoms with Gasteiger partial charge in [-0.2, -0.15) is 10.2 Å². The highest BCUT2D eigenvalue weighted by atomic mass is 35.5. The van der Waals surface area contributed by atoms with E-state index in [1.807, 2.05) is 38.3 Å². The highest BCUT2D eigenvalue weighted by molar-refractivity contribution is 7.13. The van der Waals surface area contributed by atoms with Crippen molar-refractivity contribution in [1.29, 1.82) is 0 Å². The van der Waals surface area contributed by atoms with Crippen LogP contribution in [0.1, 0.15) is 20.8 Å². The Balaban J connectivity index is 1.80. The van der Waals surface area contributed by atoms with E-state index in [4.69, 9.17) is 11.6 Å². The highest BCUT2D eigenvalue weighted by Crippen LogP contribution is 2.30. The third-order valence-corrected chi connectivity index (χ3v) is 5.59. The first-order valence-corrected chi connectivity index (χ1v) is 10.6. The first-order chi connectivity index (χ1) is 14.2. The van der Waals surface area contributed by atoms with Crippen LogP contribution in [-0.2, 0) is 16.9 Å². The maximum atomic E-state index is 13.3. The van der Waals surface area contributed by atoms with Gasteiger partial charge < -0.3 is 5.32 Å². The molecule has 154 valence electrons. The van der Waals surface area contributed by atoms with Gasteiger partial charge in [0.2, 0.25) is 5.91 Å². The smallest absolute Gasteiger partial charge is 0.293 e. The first-order valence-electron chi connectivity index (χ1n) is 9.32. The van der Waals surface area contributed by atoms with Crippen molar-refractivity contribution in [2.45, 2.75) is 32.9 Å². The molecule has 0 fully saturated rings. The van der Waals surface area contributed by atoms with Crippen molar-refractivity contribution >= 4 is 45.4 Å². The fourth-order valence-corrected chi connectivity index (χ4v) is 4.10. The largest absolute Gasteiger partial charge is 0.324 e. The number of carbonyl (C=O) groups is 1. The maximum absolute atomic E-state index is 13.3. The number of halogens is 1. The lowest BCUT2D eigenvalue weighted by atomic mass is 10.1. The Labute approximate surface area is 181 Å². The molecule has 0 bridgehead atoms. The number of thiophene rings is 1. The second-order valence-electron chi connectivity index (χ2n) is 7.84. The normalized spacial score (nSPS) is 11.7. The van der Waals surface area contributed by atoms with E-state index in [1.54, 1.807) is 35.1 Å². The molecule has 0 unspecified atom stereocenters. The van der Waals surface area contributed by atoms with E-state index in [0.717, 1.165) is 4.88 Å². The number of anilines is 1. The maximum Gasteiger partial charge on any atom is 0.293 e. The molecule has 0 saturated heterocycles. The molecule has 9 heteroatoms. The molecule has 4 aromatic rings. The van der Waals surface area contributed by atoms with E-state index in [2.05, 4.69) is 15.5 Å². The number of fused-ring (bicyclic) bond motifs is 1. The van der Waals surface area contributed by atoms with Crippen molar-refractivity contribution in [3.05, 3.63) is 63.4 Å². The number of benzene rings is 1. The fourth-order valence-electron chi connectivity index (χ4n) is 3.18. The average molecular weight is 442 g/mol. The molecule has 0 aliphatic heterocycles. The summed E-state index contributed by atoms with van der Waals surface area (Å²) in [6.07, 6.45) is 1.67. The van der Waals surface area contributed by atoms with Crippen LogP contribution in [-0.4, -0.2) is 25.5 Å². The van der Waals surface area contributed by atoms with Gasteiger partial charge in [-0.05, 0) is 50.4 Å². The Kier molecular flexibility index (Phi) is 5.21. The van der Waals surface area contributed by atoms with Gasteiger partial charge in [-0.25, -0.2) is 4.68 Å². The summed E-state index contributed by atoms with van der Waals surface area (Å²) in [5, 5.41) is 14.8. The van der Waals surface area contributed by atoms with Gasteiger partial charge in [0.1, 0.15) is 17.8 Å². The van der Waals surface area contributed by atoms with Crippen molar-refractivity contribution in [3.63, 3.8) is 0 Å². The van der Waals surface area contributed by atoms with Crippen LogP contribution < -0.4 is 10.9 Å². The Morgan fingerprint density at radius 1 is 1.23 bits per heavy atom. The second kappa shape index (κ2) is 7.70. The lowest BCUT2D eigenvalue weighted by molar-refractivity contribution is -0.117. The Morgan fingerprint density at radius 2 is 2.03 bits per heavy atom. The summed E-state index contributed by atoms with van der Waals surface area (Å²) in [6, 6.07) is 10.7. The third-order valence-electron chi connectivity index (χ3n) is 4.47. The van der Waals surface area contributed by atoms with Crippen LogP contribution in [0.3, 0.4) is 0 Å². The van der Waals surface area contributed by atoms with Crippen LogP contribution in [0.2, 0.25) is 5.02 Å². The summed E-state index contributed by atoms with van der Waals surface area (Å²) < 4.78 is 2.88. The fraction of sp³-hybridized carbons (Fsp3) is 0.238. The summed E-state index contributed by atoms with van der Waals surface area (Å²) in [5.74, 6) is -0.370. The minimum Gasteiger partial charge on any atom is -0.324 e. The number of amides is 1. The van der Waals surface area contributed by atoms with Gasteiger partial charge >= 0.3 is 0 Å². The van der Waals surface area contributed by atoms with Crippen LogP contribution in [0, 0.1) is 0 Å². The third kappa shape index (κ3) is 3.88. The molecule has 1 amide bonds. The predicted octanol–water partition coefficient (Wildman–Crippen LogP) is 4.37. The molecule has 1 N–H and O–H groups in total. The quantitative estimate of drug-likeness (QED) is 0.509. The molecule has 4 rings (SSSR count). The number of aromatic nitrogens is 4. The SMILES string of the molecule is CC(C)(C)n1ncc2c(-c3cccs3)nn(CC(=O)Nc3cccc(Cl)c3)c(=O)c21. The zero-order valence-electron chi connectivity index (χ0n) is 16.7. The molecule has 0 saturated carbocycles. The van der Waals surface area contributed by atoms with Crippen LogP contribution >= 0.6 is 22.9 Å². The Bertz CT molecular complexity index is 1290. The van der Waals surface area contributed by atoms with Gasteiger partial charge in [-0.3, -0.25) is 14.3 Å². The molecular formula is C21H20ClN5O2S. The van der Waals surface area contributed by atoms with Gasteiger partial charge in [0.25, 0.3) is 5.56 Å². The van der Waals surface area contributed by atoms with Crippen molar-refractivity contribution in [3.8, 4) is 10.6 Å². The van der Waals surface area contributed by atoms with Crippen LogP contribution in [0.4, 0.5) is 5.69 Å². The van der Waals surface area contributed by atoms with Crippen LogP contribution in [0.15, 0.2) is 52.8 Å². The molecule has 3 aromatic heterocycles. The summed E-state index contributed by atoms with van der Waals surface area (Å²) in [4.78, 5) is 26.8. The topological polar surface area (TPSA) is 81.8 Å². The summed E-state index contributed by atoms with van der Waals surface area (Å²) in [6.45, 7) is 5.69. The molecular weight excluding hydrogens is 422 g/mol. The van der Waals surface area contributed by atoms with Crippen molar-refractivity contribution in [1.82, 2.24) is 19.6 Å². The molecule has 3 heterocycles. The van der Waals surface area contributed by atoms with Crippen molar-refractivity contribution < 1.29 is 4.79 Å². The predicted molar refractivity (Wildman–Crippen MR) is 120 cm³/mol. The zero-order chi connectivity index (χ0) is 21.5. The molecule has 0 radical (unpaired) electrons. The summed E-state index contributed by atoms with van der Waals surface area (Å²) >= 11 is 7.49. The lowest BCUT2D eigenvalue weighted by Crippen LogP contribution is -2.33. The van der Waals surface area contributed by atoms with E-state index >= 15 is 0 Å². The number of carbonyl (C=O) groups excluding carboxylic acids is 1. The van der Waals surface area contributed by atoms with Crippen LogP contribution in [0.25, 0.3) is 21.5 Å². The monoisotopic (exact) mass is 441 g/mol. The standard InChI is InChI=1S/C21H20ClN5O2S/c1-21(2,3)27-19-15(11-23-27)18(16-8-5-9-30-16)25-26(20(19)29)12-17(28)24-14-7-4-6-13(22)10-14/h4-11H,12H2,1-3H3,(H,24,28). The van der Waals surface area contributed by atoms with E-state index in [0.29, 0.717) is 27.3 Å². The minimum atomic E-state index is -0.407. The molecule has 0 aliphatic rings. The van der Waals surface area contributed by atoms with Crippen LogP contribution in [0.5, 0.6) is 0 Å². The number of hydrogen-bond acceptors (Lipinski definition) is 5. The zero-order valence-corrected chi connectivity index (χ0v) is 18.3. The lowest BCUT2D eigenvalue weighted by Gasteiger charge is -2.20. The van der Waals surface area contributed by atoms with Gasteiger partial charge in [0.15, 0.2) is 0 Å². The Morgan fingerprint density at radius 3 is 2.70 bits per heavy atom. The molecule has 30 heavy (non-hydrogen) atoms. The van der Waals surface area contributed by atoms with E-state index in [1.165, 1.54) is 16.0 Å². The molecule has 0 aliphatic carbocycles. The number of nitrogens with zero attached hydrogens (tertiary/aromatic N) is 4. The summed E-state index contributed by atoms with van der Waals surface area (Å²) in [7, 11) is 0. The summed E-state index contributed by atoms with van der Waals surface area (Å²) in [5.41, 5.74) is 0.844. The number of nitrogens with one attached hydrogen (secondary N) is 1. The molecule has 0 spiro atoms. The first kappa shape index (κ1) is 20.3. The number of hydrogen-bond donors (Lipinski definition) is 1. The van der Waals surface area contributed by atoms with E-state index in [9.17, 15) is 9.59 Å². The van der Waals surface area contributed by atoms with Gasteiger partial charge in [0.05, 0.1) is 22.0 Å². The second-order valence-corrected chi connectivity index (χ2v) is 9.22. The van der Waals surface area contributed by atoms with Gasteiger partial charge in [-0.15, -0.1) is 11.3 Å². The minimum absolute atomic E-state index is 0.227. The van der Waals surface area contributed by atoms with Crippen molar-refractivity contribution in [2.24, 2.45) is 0 Å². The van der Waals surface area contributed by atoms with E-state index < -0.39 is 5.54 Å². The average Bonchev–Trinajstić information content (AvgIpc) is 3.33. The molecule has 7 nitrogen and oxygen atoms in total. The van der Waals surface area contributed by atoms with Gasteiger partial charge in [-0.1, -0.05) is 23.7 Å². The molecule has 0 atom stereocenters. The molecule has 1 aromatic carbocycles. The highest BCUT2D eigenvalue weighted by Gasteiger charge is 2.24. The van der Waals surface area contributed by atoms with E-state index in [-0.39, 0.29) is 18.0 Å². The number of rotatable bonds is 4. The Hall–Kier alpha value is -2.97. The van der Waals surface area contributed by atoms with Crippen molar-refractivity contribution in [2.75, 3.05) is 5.32 Å². The van der Waals surface area contributed by atoms with Gasteiger partial charge in [0, 0.05) is 10.7 Å².